The maximum atomic E-state index is 12.7. The van der Waals surface area contributed by atoms with E-state index in [1.807, 2.05) is 80.6 Å². The number of benzene rings is 3. The lowest BCUT2D eigenvalue weighted by molar-refractivity contribution is -0.150. The van der Waals surface area contributed by atoms with Crippen LogP contribution >= 0.6 is 0 Å². The van der Waals surface area contributed by atoms with E-state index in [9.17, 15) is 9.59 Å². The Morgan fingerprint density at radius 2 is 1.57 bits per heavy atom. The van der Waals surface area contributed by atoms with Crippen molar-refractivity contribution in [1.82, 2.24) is 5.32 Å². The van der Waals surface area contributed by atoms with Crippen molar-refractivity contribution >= 4 is 22.6 Å². The minimum absolute atomic E-state index is 0.0886. The van der Waals surface area contributed by atoms with Crippen LogP contribution < -0.4 is 10.1 Å². The van der Waals surface area contributed by atoms with Gasteiger partial charge in [0.2, 0.25) is 5.91 Å². The third-order valence-electron chi connectivity index (χ3n) is 5.03. The second kappa shape index (κ2) is 9.92. The zero-order chi connectivity index (χ0) is 21.5. The predicted octanol–water partition coefficient (Wildman–Crippen LogP) is 4.28. The quantitative estimate of drug-likeness (QED) is 0.568. The molecule has 0 bridgehead atoms. The zero-order valence-corrected chi connectivity index (χ0v) is 17.6. The van der Waals surface area contributed by atoms with Gasteiger partial charge in [-0.2, -0.15) is 0 Å². The molecule has 1 atom stereocenters. The molecule has 3 rings (SSSR count). The van der Waals surface area contributed by atoms with E-state index in [2.05, 4.69) is 5.32 Å². The molecule has 0 saturated heterocycles. The number of ether oxygens (including phenoxy) is 2. The number of carbonyl (C=O) groups excluding carboxylic acids is 2. The van der Waals surface area contributed by atoms with Gasteiger partial charge in [0.15, 0.2) is 0 Å². The van der Waals surface area contributed by atoms with Gasteiger partial charge in [0.25, 0.3) is 0 Å². The van der Waals surface area contributed by atoms with Gasteiger partial charge < -0.3 is 14.8 Å². The van der Waals surface area contributed by atoms with Crippen molar-refractivity contribution in [3.63, 3.8) is 0 Å². The molecule has 0 heterocycles. The van der Waals surface area contributed by atoms with Crippen LogP contribution in [0.25, 0.3) is 10.8 Å². The van der Waals surface area contributed by atoms with Crippen molar-refractivity contribution in [3.05, 3.63) is 77.9 Å². The van der Waals surface area contributed by atoms with Crippen LogP contribution in [-0.4, -0.2) is 25.0 Å². The van der Waals surface area contributed by atoms with E-state index in [-0.39, 0.29) is 24.9 Å². The van der Waals surface area contributed by atoms with Crippen LogP contribution in [0.5, 0.6) is 5.75 Å². The van der Waals surface area contributed by atoms with E-state index >= 15 is 0 Å². The average molecular weight is 405 g/mol. The van der Waals surface area contributed by atoms with Gasteiger partial charge in [0.1, 0.15) is 18.4 Å². The van der Waals surface area contributed by atoms with Crippen LogP contribution in [-0.2, 0) is 27.4 Å². The van der Waals surface area contributed by atoms with E-state index in [1.165, 1.54) is 0 Å². The largest absolute Gasteiger partial charge is 0.496 e. The maximum Gasteiger partial charge on any atom is 0.329 e. The summed E-state index contributed by atoms with van der Waals surface area (Å²) < 4.78 is 10.8. The number of amides is 1. The number of para-hydroxylation sites is 1. The van der Waals surface area contributed by atoms with Gasteiger partial charge in [-0.15, -0.1) is 0 Å². The molecule has 0 unspecified atom stereocenters. The highest BCUT2D eigenvalue weighted by molar-refractivity contribution is 5.91. The Balaban J connectivity index is 1.65. The number of hydrogen-bond donors (Lipinski definition) is 1. The fraction of sp³-hybridized carbons (Fsp3) is 0.280. The number of rotatable bonds is 8. The standard InChI is InChI=1S/C25H27NO4/c1-17(2)24(25(28)30-16-20-10-5-7-14-22(20)29-3)26-23(27)15-19-12-8-11-18-9-4-6-13-21(18)19/h4-14,17,24H,15-16H2,1-3H3,(H,26,27)/t24-/m0/s1. The van der Waals surface area contributed by atoms with Crippen molar-refractivity contribution in [2.75, 3.05) is 7.11 Å². The SMILES string of the molecule is COc1ccccc1COC(=O)[C@@H](NC(=O)Cc1cccc2ccccc12)C(C)C. The molecule has 0 aliphatic carbocycles. The molecule has 156 valence electrons. The van der Waals surface area contributed by atoms with Gasteiger partial charge in [-0.25, -0.2) is 4.79 Å². The van der Waals surface area contributed by atoms with Gasteiger partial charge >= 0.3 is 5.97 Å². The Hall–Kier alpha value is -3.34. The maximum absolute atomic E-state index is 12.7. The smallest absolute Gasteiger partial charge is 0.329 e. The molecule has 0 aromatic heterocycles. The molecule has 5 heteroatoms. The number of nitrogens with one attached hydrogen (secondary N) is 1. The first-order chi connectivity index (χ1) is 14.5. The van der Waals surface area contributed by atoms with Gasteiger partial charge in [0, 0.05) is 5.56 Å². The first-order valence-electron chi connectivity index (χ1n) is 10.0. The molecule has 1 N–H and O–H groups in total. The molecule has 3 aromatic rings. The van der Waals surface area contributed by atoms with Gasteiger partial charge in [0.05, 0.1) is 13.5 Å². The summed E-state index contributed by atoms with van der Waals surface area (Å²) in [6, 6.07) is 20.5. The molecule has 0 fully saturated rings. The van der Waals surface area contributed by atoms with Gasteiger partial charge in [-0.05, 0) is 28.3 Å². The van der Waals surface area contributed by atoms with Crippen molar-refractivity contribution in [3.8, 4) is 5.75 Å². The Labute approximate surface area is 177 Å². The first-order valence-corrected chi connectivity index (χ1v) is 10.0. The summed E-state index contributed by atoms with van der Waals surface area (Å²) >= 11 is 0. The summed E-state index contributed by atoms with van der Waals surface area (Å²) in [6.45, 7) is 3.85. The van der Waals surface area contributed by atoms with Crippen molar-refractivity contribution in [1.29, 1.82) is 0 Å². The molecule has 0 radical (unpaired) electrons. The highest BCUT2D eigenvalue weighted by atomic mass is 16.5. The summed E-state index contributed by atoms with van der Waals surface area (Å²) in [5, 5.41) is 4.97. The predicted molar refractivity (Wildman–Crippen MR) is 117 cm³/mol. The summed E-state index contributed by atoms with van der Waals surface area (Å²) in [5.74, 6) is -0.112. The molecule has 30 heavy (non-hydrogen) atoms. The van der Waals surface area contributed by atoms with Crippen LogP contribution in [0.3, 0.4) is 0 Å². The summed E-state index contributed by atoms with van der Waals surface area (Å²) in [5.41, 5.74) is 1.70. The van der Waals surface area contributed by atoms with Crippen LogP contribution in [0.4, 0.5) is 0 Å². The zero-order valence-electron chi connectivity index (χ0n) is 17.6. The lowest BCUT2D eigenvalue weighted by Crippen LogP contribution is -2.45. The summed E-state index contributed by atoms with van der Waals surface area (Å²) in [4.78, 5) is 25.4. The fourth-order valence-electron chi connectivity index (χ4n) is 3.40. The topological polar surface area (TPSA) is 64.6 Å². The van der Waals surface area contributed by atoms with E-state index in [0.717, 1.165) is 21.9 Å². The number of esters is 1. The normalized spacial score (nSPS) is 11.9. The molecule has 1 amide bonds. The van der Waals surface area contributed by atoms with E-state index in [4.69, 9.17) is 9.47 Å². The van der Waals surface area contributed by atoms with Crippen LogP contribution in [0.2, 0.25) is 0 Å². The van der Waals surface area contributed by atoms with Crippen molar-refractivity contribution < 1.29 is 19.1 Å². The van der Waals surface area contributed by atoms with E-state index < -0.39 is 12.0 Å². The Morgan fingerprint density at radius 3 is 2.33 bits per heavy atom. The van der Waals surface area contributed by atoms with Gasteiger partial charge in [-0.3, -0.25) is 4.79 Å². The molecule has 5 nitrogen and oxygen atoms in total. The third-order valence-corrected chi connectivity index (χ3v) is 5.03. The minimum atomic E-state index is -0.720. The van der Waals surface area contributed by atoms with E-state index in [1.54, 1.807) is 7.11 Å². The summed E-state index contributed by atoms with van der Waals surface area (Å²) in [6.07, 6.45) is 0.199. The molecule has 0 spiro atoms. The fourth-order valence-corrected chi connectivity index (χ4v) is 3.40. The average Bonchev–Trinajstić information content (AvgIpc) is 2.76. The number of hydrogen-bond acceptors (Lipinski definition) is 4. The first kappa shape index (κ1) is 21.4. The Bertz CT molecular complexity index is 1020. The molecule has 0 aliphatic heterocycles. The Morgan fingerprint density at radius 1 is 0.900 bits per heavy atom. The van der Waals surface area contributed by atoms with Crippen LogP contribution in [0, 0.1) is 5.92 Å². The number of fused-ring (bicyclic) bond motifs is 1. The second-order valence-corrected chi connectivity index (χ2v) is 7.52. The third kappa shape index (κ3) is 5.17. The molecule has 3 aromatic carbocycles. The van der Waals surface area contributed by atoms with Crippen molar-refractivity contribution in [2.45, 2.75) is 32.9 Å². The minimum Gasteiger partial charge on any atom is -0.496 e. The molecular formula is C25H27NO4. The molecule has 0 saturated carbocycles. The van der Waals surface area contributed by atoms with E-state index in [0.29, 0.717) is 5.75 Å². The lowest BCUT2D eigenvalue weighted by atomic mass is 10.0. The number of methoxy groups -OCH3 is 1. The highest BCUT2D eigenvalue weighted by Crippen LogP contribution is 2.20. The molecule has 0 aliphatic rings. The molecular weight excluding hydrogens is 378 g/mol. The Kier molecular flexibility index (Phi) is 7.07. The van der Waals surface area contributed by atoms with Crippen LogP contribution in [0.15, 0.2) is 66.7 Å². The summed E-state index contributed by atoms with van der Waals surface area (Å²) in [7, 11) is 1.57. The highest BCUT2D eigenvalue weighted by Gasteiger charge is 2.26. The van der Waals surface area contributed by atoms with Crippen LogP contribution in [0.1, 0.15) is 25.0 Å². The van der Waals surface area contributed by atoms with Crippen molar-refractivity contribution in [2.24, 2.45) is 5.92 Å². The monoisotopic (exact) mass is 405 g/mol. The lowest BCUT2D eigenvalue weighted by Gasteiger charge is -2.21. The second-order valence-electron chi connectivity index (χ2n) is 7.52. The number of carbonyl (C=O) groups is 2. The van der Waals surface area contributed by atoms with Gasteiger partial charge in [-0.1, -0.05) is 74.5 Å².